The van der Waals surface area contributed by atoms with E-state index < -0.39 is 5.97 Å². The molecule has 9 heteroatoms. The maximum Gasteiger partial charge on any atom is 0.341 e. The fraction of sp³-hybridized carbons (Fsp3) is 0.130. The van der Waals surface area contributed by atoms with Gasteiger partial charge in [0.1, 0.15) is 5.03 Å². The number of hydrogen-bond acceptors (Lipinski definition) is 9. The summed E-state index contributed by atoms with van der Waals surface area (Å²) in [6.45, 7) is -0.163. The monoisotopic (exact) mass is 449 g/mol. The van der Waals surface area contributed by atoms with Crippen molar-refractivity contribution in [3.05, 3.63) is 78.3 Å². The van der Waals surface area contributed by atoms with E-state index in [1.54, 1.807) is 50.7 Å². The van der Waals surface area contributed by atoms with Gasteiger partial charge in [-0.05, 0) is 42.5 Å². The first-order valence-corrected chi connectivity index (χ1v) is 10.4. The third kappa shape index (κ3) is 4.89. The summed E-state index contributed by atoms with van der Waals surface area (Å²) < 4.78 is 21.2. The molecular weight excluding hydrogens is 430 g/mol. The van der Waals surface area contributed by atoms with Crippen LogP contribution >= 0.6 is 11.8 Å². The van der Waals surface area contributed by atoms with E-state index >= 15 is 0 Å². The molecule has 0 spiro atoms. The molecule has 0 bridgehead atoms. The number of pyridine rings is 1. The van der Waals surface area contributed by atoms with Gasteiger partial charge < -0.3 is 18.7 Å². The zero-order chi connectivity index (χ0) is 22.3. The average Bonchev–Trinajstić information content (AvgIpc) is 3.32. The van der Waals surface area contributed by atoms with Gasteiger partial charge in [-0.3, -0.25) is 0 Å². The Morgan fingerprint density at radius 1 is 1.00 bits per heavy atom. The Morgan fingerprint density at radius 2 is 1.81 bits per heavy atom. The van der Waals surface area contributed by atoms with Crippen LogP contribution in [0.3, 0.4) is 0 Å². The standard InChI is InChI=1S/C23H19N3O5S/c1-28-18-11-10-15(13-19(18)29-2)21-25-20(31-26-21)14-30-23(27)17-9-6-12-24-22(17)32-16-7-4-3-5-8-16/h3-13H,14H2,1-2H3. The molecule has 2 heterocycles. The van der Waals surface area contributed by atoms with Crippen LogP contribution in [0.1, 0.15) is 16.2 Å². The summed E-state index contributed by atoms with van der Waals surface area (Å²) in [4.78, 5) is 22.2. The van der Waals surface area contributed by atoms with Crippen LogP contribution in [0.4, 0.5) is 0 Å². The number of carbonyl (C=O) groups excluding carboxylic acids is 1. The topological polar surface area (TPSA) is 96.6 Å². The molecule has 2 aromatic heterocycles. The third-order valence-electron chi connectivity index (χ3n) is 4.39. The number of hydrogen-bond donors (Lipinski definition) is 0. The Labute approximate surface area is 188 Å². The van der Waals surface area contributed by atoms with Crippen molar-refractivity contribution < 1.29 is 23.5 Å². The van der Waals surface area contributed by atoms with Crippen molar-refractivity contribution in [1.82, 2.24) is 15.1 Å². The first-order valence-electron chi connectivity index (χ1n) is 9.58. The van der Waals surface area contributed by atoms with Gasteiger partial charge in [0.15, 0.2) is 18.1 Å². The number of rotatable bonds is 8. The van der Waals surface area contributed by atoms with Crippen LogP contribution in [-0.4, -0.2) is 35.3 Å². The highest BCUT2D eigenvalue weighted by atomic mass is 32.2. The largest absolute Gasteiger partial charge is 0.493 e. The summed E-state index contributed by atoms with van der Waals surface area (Å²) in [5.74, 6) is 1.13. The van der Waals surface area contributed by atoms with E-state index in [9.17, 15) is 4.79 Å². The minimum absolute atomic E-state index is 0.163. The molecule has 0 aliphatic heterocycles. The lowest BCUT2D eigenvalue weighted by molar-refractivity contribution is 0.0424. The fourth-order valence-electron chi connectivity index (χ4n) is 2.84. The predicted molar refractivity (Wildman–Crippen MR) is 117 cm³/mol. The molecule has 0 amide bonds. The summed E-state index contributed by atoms with van der Waals surface area (Å²) in [7, 11) is 3.11. The van der Waals surface area contributed by atoms with Crippen molar-refractivity contribution in [2.75, 3.05) is 14.2 Å². The van der Waals surface area contributed by atoms with Crippen LogP contribution in [-0.2, 0) is 11.3 Å². The smallest absolute Gasteiger partial charge is 0.341 e. The van der Waals surface area contributed by atoms with E-state index in [4.69, 9.17) is 18.7 Å². The highest BCUT2D eigenvalue weighted by molar-refractivity contribution is 7.99. The second-order valence-electron chi connectivity index (χ2n) is 6.43. The molecule has 0 saturated carbocycles. The minimum atomic E-state index is -0.526. The molecule has 32 heavy (non-hydrogen) atoms. The zero-order valence-electron chi connectivity index (χ0n) is 17.3. The minimum Gasteiger partial charge on any atom is -0.493 e. The molecule has 8 nitrogen and oxygen atoms in total. The normalized spacial score (nSPS) is 10.6. The number of nitrogens with zero attached hydrogens (tertiary/aromatic N) is 3. The summed E-state index contributed by atoms with van der Waals surface area (Å²) >= 11 is 1.39. The fourth-order valence-corrected chi connectivity index (χ4v) is 3.73. The van der Waals surface area contributed by atoms with Crippen LogP contribution in [0.2, 0.25) is 0 Å². The Hall–Kier alpha value is -3.85. The average molecular weight is 449 g/mol. The maximum atomic E-state index is 12.7. The maximum absolute atomic E-state index is 12.7. The second kappa shape index (κ2) is 9.97. The number of methoxy groups -OCH3 is 2. The van der Waals surface area contributed by atoms with E-state index in [0.29, 0.717) is 33.5 Å². The first kappa shape index (κ1) is 21.4. The van der Waals surface area contributed by atoms with E-state index in [1.807, 2.05) is 30.3 Å². The van der Waals surface area contributed by atoms with Gasteiger partial charge in [0.25, 0.3) is 5.89 Å². The van der Waals surface area contributed by atoms with Crippen molar-refractivity contribution in [1.29, 1.82) is 0 Å². The van der Waals surface area contributed by atoms with Crippen LogP contribution in [0, 0.1) is 0 Å². The van der Waals surface area contributed by atoms with Crippen LogP contribution in [0.5, 0.6) is 11.5 Å². The van der Waals surface area contributed by atoms with Gasteiger partial charge >= 0.3 is 5.97 Å². The Kier molecular flexibility index (Phi) is 6.66. The lowest BCUT2D eigenvalue weighted by Gasteiger charge is -2.07. The van der Waals surface area contributed by atoms with Crippen LogP contribution in [0.15, 0.2) is 81.3 Å². The molecule has 0 saturated heterocycles. The van der Waals surface area contributed by atoms with Crippen molar-refractivity contribution in [2.45, 2.75) is 16.5 Å². The van der Waals surface area contributed by atoms with Crippen LogP contribution < -0.4 is 9.47 Å². The van der Waals surface area contributed by atoms with Crippen molar-refractivity contribution in [2.24, 2.45) is 0 Å². The molecule has 0 aliphatic rings. The van der Waals surface area contributed by atoms with Gasteiger partial charge in [-0.25, -0.2) is 9.78 Å². The van der Waals surface area contributed by atoms with E-state index in [0.717, 1.165) is 4.90 Å². The Morgan fingerprint density at radius 3 is 2.59 bits per heavy atom. The number of ether oxygens (including phenoxy) is 3. The van der Waals surface area contributed by atoms with Gasteiger partial charge in [-0.15, -0.1) is 0 Å². The van der Waals surface area contributed by atoms with E-state index in [2.05, 4.69) is 15.1 Å². The molecule has 2 aromatic carbocycles. The summed E-state index contributed by atoms with van der Waals surface area (Å²) in [5.41, 5.74) is 1.04. The molecule has 0 N–H and O–H groups in total. The molecule has 4 rings (SSSR count). The van der Waals surface area contributed by atoms with Crippen molar-refractivity contribution in [3.63, 3.8) is 0 Å². The molecule has 0 unspecified atom stereocenters. The van der Waals surface area contributed by atoms with Gasteiger partial charge in [0.2, 0.25) is 5.82 Å². The molecule has 162 valence electrons. The lowest BCUT2D eigenvalue weighted by Crippen LogP contribution is -2.07. The number of benzene rings is 2. The summed E-state index contributed by atoms with van der Waals surface area (Å²) in [5, 5.41) is 4.51. The van der Waals surface area contributed by atoms with Crippen molar-refractivity contribution in [3.8, 4) is 22.9 Å². The molecule has 0 atom stereocenters. The van der Waals surface area contributed by atoms with Gasteiger partial charge in [0.05, 0.1) is 19.8 Å². The lowest BCUT2D eigenvalue weighted by atomic mass is 10.2. The van der Waals surface area contributed by atoms with Gasteiger partial charge in [-0.2, -0.15) is 4.98 Å². The first-order chi connectivity index (χ1) is 15.7. The number of aromatic nitrogens is 3. The van der Waals surface area contributed by atoms with E-state index in [1.165, 1.54) is 11.8 Å². The molecule has 0 aliphatic carbocycles. The van der Waals surface area contributed by atoms with Crippen LogP contribution in [0.25, 0.3) is 11.4 Å². The molecule has 0 radical (unpaired) electrons. The predicted octanol–water partition coefficient (Wildman–Crippen LogP) is 4.66. The zero-order valence-corrected chi connectivity index (χ0v) is 18.2. The molecular formula is C23H19N3O5S. The Balaban J connectivity index is 1.44. The number of esters is 1. The second-order valence-corrected chi connectivity index (χ2v) is 7.49. The quantitative estimate of drug-likeness (QED) is 0.356. The summed E-state index contributed by atoms with van der Waals surface area (Å²) in [6, 6.07) is 18.3. The third-order valence-corrected chi connectivity index (χ3v) is 5.41. The number of carbonyl (C=O) groups is 1. The SMILES string of the molecule is COc1ccc(-c2noc(COC(=O)c3cccnc3Sc3ccccc3)n2)cc1OC. The van der Waals surface area contributed by atoms with Crippen molar-refractivity contribution >= 4 is 17.7 Å². The highest BCUT2D eigenvalue weighted by Gasteiger charge is 2.17. The highest BCUT2D eigenvalue weighted by Crippen LogP contribution is 2.31. The molecule has 0 fully saturated rings. The summed E-state index contributed by atoms with van der Waals surface area (Å²) in [6.07, 6.45) is 1.63. The van der Waals surface area contributed by atoms with Gasteiger partial charge in [-0.1, -0.05) is 35.1 Å². The Bertz CT molecular complexity index is 1210. The molecule has 4 aromatic rings. The van der Waals surface area contributed by atoms with Gasteiger partial charge in [0, 0.05) is 16.7 Å². The van der Waals surface area contributed by atoms with E-state index in [-0.39, 0.29) is 12.5 Å².